The number of rotatable bonds is 6. The van der Waals surface area contributed by atoms with Crippen molar-refractivity contribution in [2.75, 3.05) is 43.0 Å². The van der Waals surface area contributed by atoms with Crippen LogP contribution >= 0.6 is 0 Å². The van der Waals surface area contributed by atoms with Crippen molar-refractivity contribution in [2.45, 2.75) is 32.6 Å². The lowest BCUT2D eigenvalue weighted by Crippen LogP contribution is -2.43. The van der Waals surface area contributed by atoms with Crippen molar-refractivity contribution in [2.24, 2.45) is 5.92 Å². The largest absolute Gasteiger partial charge is 0.466 e. The fourth-order valence-electron chi connectivity index (χ4n) is 3.70. The molecule has 1 atom stereocenters. The van der Waals surface area contributed by atoms with E-state index in [0.717, 1.165) is 38.0 Å². The third-order valence-corrected chi connectivity index (χ3v) is 5.03. The van der Waals surface area contributed by atoms with E-state index in [1.54, 1.807) is 11.8 Å². The zero-order chi connectivity index (χ0) is 19.2. The zero-order valence-electron chi connectivity index (χ0n) is 15.8. The first-order valence-corrected chi connectivity index (χ1v) is 9.66. The van der Waals surface area contributed by atoms with Gasteiger partial charge in [0, 0.05) is 30.9 Å². The smallest absolute Gasteiger partial charge is 0.310 e. The molecule has 0 radical (unpaired) electrons. The summed E-state index contributed by atoms with van der Waals surface area (Å²) in [6.07, 6.45) is 3.18. The van der Waals surface area contributed by atoms with Gasteiger partial charge >= 0.3 is 5.97 Å². The Morgan fingerprint density at radius 2 is 1.96 bits per heavy atom. The van der Waals surface area contributed by atoms with Gasteiger partial charge in [-0.05, 0) is 57.0 Å². The Bertz CT molecular complexity index is 689. The zero-order valence-corrected chi connectivity index (χ0v) is 15.8. The Kier molecular flexibility index (Phi) is 6.45. The summed E-state index contributed by atoms with van der Waals surface area (Å²) in [6.45, 7) is 4.55. The monoisotopic (exact) mass is 373 g/mol. The van der Waals surface area contributed by atoms with Crippen molar-refractivity contribution >= 4 is 29.2 Å². The molecule has 0 aliphatic carbocycles. The van der Waals surface area contributed by atoms with Crippen molar-refractivity contribution in [1.82, 2.24) is 4.90 Å². The number of hydrogen-bond acceptors (Lipinski definition) is 5. The van der Waals surface area contributed by atoms with E-state index >= 15 is 0 Å². The van der Waals surface area contributed by atoms with Crippen LogP contribution in [0, 0.1) is 5.92 Å². The molecule has 2 aliphatic heterocycles. The van der Waals surface area contributed by atoms with Gasteiger partial charge in [-0.15, -0.1) is 0 Å². The van der Waals surface area contributed by atoms with Crippen LogP contribution in [0.15, 0.2) is 24.3 Å². The van der Waals surface area contributed by atoms with Crippen LogP contribution in [0.25, 0.3) is 0 Å². The minimum atomic E-state index is -0.172. The lowest BCUT2D eigenvalue weighted by Gasteiger charge is -2.30. The molecular weight excluding hydrogens is 346 g/mol. The summed E-state index contributed by atoms with van der Waals surface area (Å²) in [4.78, 5) is 39.8. The molecular formula is C20H27N3O4. The number of amides is 2. The standard InChI is InChI=1S/C20H27N3O4/c1-2-27-20(26)15-5-3-11-22(13-15)14-18(24)21-16-7-9-17(10-8-16)23-12-4-6-19(23)25/h7-10,15H,2-6,11-14H2,1H3,(H,21,24)/t15-/m0/s1. The third-order valence-electron chi connectivity index (χ3n) is 5.03. The minimum Gasteiger partial charge on any atom is -0.466 e. The minimum absolute atomic E-state index is 0.107. The summed E-state index contributed by atoms with van der Waals surface area (Å²) < 4.78 is 5.10. The quantitative estimate of drug-likeness (QED) is 0.772. The number of nitrogens with zero attached hydrogens (tertiary/aromatic N) is 2. The van der Waals surface area contributed by atoms with E-state index in [4.69, 9.17) is 4.74 Å². The predicted molar refractivity (Wildman–Crippen MR) is 102 cm³/mol. The number of hydrogen-bond donors (Lipinski definition) is 1. The average Bonchev–Trinajstić information content (AvgIpc) is 3.08. The molecule has 0 bridgehead atoms. The van der Waals surface area contributed by atoms with Crippen LogP contribution in [0.3, 0.4) is 0 Å². The number of carbonyl (C=O) groups excluding carboxylic acids is 3. The second-order valence-corrected chi connectivity index (χ2v) is 7.07. The summed E-state index contributed by atoms with van der Waals surface area (Å²) in [5.74, 6) is -0.281. The van der Waals surface area contributed by atoms with E-state index in [2.05, 4.69) is 5.32 Å². The van der Waals surface area contributed by atoms with Crippen LogP contribution in [0.1, 0.15) is 32.6 Å². The number of ether oxygens (including phenoxy) is 1. The van der Waals surface area contributed by atoms with Gasteiger partial charge in [-0.3, -0.25) is 19.3 Å². The van der Waals surface area contributed by atoms with Gasteiger partial charge in [-0.2, -0.15) is 0 Å². The first-order valence-electron chi connectivity index (χ1n) is 9.66. The summed E-state index contributed by atoms with van der Waals surface area (Å²) in [5, 5.41) is 2.89. The number of anilines is 2. The molecule has 7 nitrogen and oxygen atoms in total. The molecule has 2 fully saturated rings. The molecule has 27 heavy (non-hydrogen) atoms. The molecule has 0 saturated carbocycles. The highest BCUT2D eigenvalue weighted by Crippen LogP contribution is 2.23. The Balaban J connectivity index is 1.50. The lowest BCUT2D eigenvalue weighted by atomic mass is 9.98. The van der Waals surface area contributed by atoms with Crippen molar-refractivity contribution in [3.8, 4) is 0 Å². The summed E-state index contributed by atoms with van der Waals surface area (Å²) in [6, 6.07) is 7.35. The van der Waals surface area contributed by atoms with Crippen LogP contribution in [0.4, 0.5) is 11.4 Å². The highest BCUT2D eigenvalue weighted by molar-refractivity contribution is 5.96. The molecule has 1 N–H and O–H groups in total. The molecule has 3 rings (SSSR count). The number of piperidine rings is 1. The first-order chi connectivity index (χ1) is 13.1. The predicted octanol–water partition coefficient (Wildman–Crippen LogP) is 2.03. The van der Waals surface area contributed by atoms with Crippen molar-refractivity contribution in [1.29, 1.82) is 0 Å². The van der Waals surface area contributed by atoms with Gasteiger partial charge in [0.25, 0.3) is 0 Å². The molecule has 0 spiro atoms. The normalized spacial score (nSPS) is 20.6. The van der Waals surface area contributed by atoms with Crippen molar-refractivity contribution in [3.63, 3.8) is 0 Å². The van der Waals surface area contributed by atoms with E-state index in [9.17, 15) is 14.4 Å². The number of nitrogens with one attached hydrogen (secondary N) is 1. The van der Waals surface area contributed by atoms with Crippen LogP contribution in [0.5, 0.6) is 0 Å². The Morgan fingerprint density at radius 3 is 2.63 bits per heavy atom. The van der Waals surface area contributed by atoms with E-state index < -0.39 is 0 Å². The molecule has 2 saturated heterocycles. The van der Waals surface area contributed by atoms with Gasteiger partial charge < -0.3 is 15.0 Å². The molecule has 2 amide bonds. The summed E-state index contributed by atoms with van der Waals surface area (Å²) >= 11 is 0. The Labute approximate surface area is 159 Å². The van der Waals surface area contributed by atoms with Gasteiger partial charge in [0.05, 0.1) is 19.1 Å². The van der Waals surface area contributed by atoms with Crippen molar-refractivity contribution < 1.29 is 19.1 Å². The maximum absolute atomic E-state index is 12.3. The second kappa shape index (κ2) is 8.99. The molecule has 2 heterocycles. The number of likely N-dealkylation sites (tertiary alicyclic amines) is 1. The van der Waals surface area contributed by atoms with Gasteiger partial charge in [-0.25, -0.2) is 0 Å². The maximum atomic E-state index is 12.3. The van der Waals surface area contributed by atoms with Crippen LogP contribution < -0.4 is 10.2 Å². The Hall–Kier alpha value is -2.41. The third kappa shape index (κ3) is 5.07. The number of esters is 1. The molecule has 0 unspecified atom stereocenters. The van der Waals surface area contributed by atoms with Crippen molar-refractivity contribution in [3.05, 3.63) is 24.3 Å². The summed E-state index contributed by atoms with van der Waals surface area (Å²) in [5.41, 5.74) is 1.57. The highest BCUT2D eigenvalue weighted by Gasteiger charge is 2.27. The molecule has 1 aromatic rings. The van der Waals surface area contributed by atoms with Gasteiger partial charge in [0.1, 0.15) is 0 Å². The van der Waals surface area contributed by atoms with Crippen LogP contribution in [-0.4, -0.2) is 55.5 Å². The van der Waals surface area contributed by atoms with Crippen LogP contribution in [0.2, 0.25) is 0 Å². The highest BCUT2D eigenvalue weighted by atomic mass is 16.5. The molecule has 146 valence electrons. The average molecular weight is 373 g/mol. The SMILES string of the molecule is CCOC(=O)[C@H]1CCCN(CC(=O)Nc2ccc(N3CCCC3=O)cc2)C1. The molecule has 1 aromatic carbocycles. The van der Waals surface area contributed by atoms with E-state index in [0.29, 0.717) is 25.3 Å². The second-order valence-electron chi connectivity index (χ2n) is 7.07. The van der Waals surface area contributed by atoms with Crippen LogP contribution in [-0.2, 0) is 19.1 Å². The molecule has 7 heteroatoms. The fourth-order valence-corrected chi connectivity index (χ4v) is 3.70. The summed E-state index contributed by atoms with van der Waals surface area (Å²) in [7, 11) is 0. The topological polar surface area (TPSA) is 79.0 Å². The Morgan fingerprint density at radius 1 is 1.19 bits per heavy atom. The lowest BCUT2D eigenvalue weighted by molar-refractivity contribution is -0.150. The maximum Gasteiger partial charge on any atom is 0.310 e. The first kappa shape index (κ1) is 19.4. The van der Waals surface area contributed by atoms with Gasteiger partial charge in [0.2, 0.25) is 11.8 Å². The fraction of sp³-hybridized carbons (Fsp3) is 0.550. The van der Waals surface area contributed by atoms with E-state index in [1.165, 1.54) is 0 Å². The number of benzene rings is 1. The molecule has 0 aromatic heterocycles. The van der Waals surface area contributed by atoms with Gasteiger partial charge in [-0.1, -0.05) is 0 Å². The van der Waals surface area contributed by atoms with Gasteiger partial charge in [0.15, 0.2) is 0 Å². The number of carbonyl (C=O) groups is 3. The van der Waals surface area contributed by atoms with E-state index in [1.807, 2.05) is 29.2 Å². The van der Waals surface area contributed by atoms with E-state index in [-0.39, 0.29) is 30.2 Å². The molecule has 2 aliphatic rings.